The standard InChI is InChI=1S/C5H8N2O2S/c1-4-5(8)9-6-7(4)2-3-10/h6H,2-3H2,1H3/p+1. The van der Waals surface area contributed by atoms with Crippen molar-refractivity contribution in [3.8, 4) is 0 Å². The van der Waals surface area contributed by atoms with Crippen molar-refractivity contribution in [2.45, 2.75) is 13.5 Å². The van der Waals surface area contributed by atoms with Crippen LogP contribution in [0.1, 0.15) is 5.69 Å². The Hall–Kier alpha value is -0.710. The lowest BCUT2D eigenvalue weighted by Crippen LogP contribution is -2.40. The highest BCUT2D eigenvalue weighted by atomic mass is 32.1. The second-order valence-electron chi connectivity index (χ2n) is 1.94. The molecular formula is C5H9N2O2S+. The lowest BCUT2D eigenvalue weighted by Gasteiger charge is -1.83. The molecule has 1 rings (SSSR count). The molecule has 56 valence electrons. The average molecular weight is 161 g/mol. The van der Waals surface area contributed by atoms with Crippen LogP contribution in [0.5, 0.6) is 0 Å². The van der Waals surface area contributed by atoms with E-state index in [4.69, 9.17) is 0 Å². The molecule has 0 saturated carbocycles. The fourth-order valence-electron chi connectivity index (χ4n) is 0.662. The van der Waals surface area contributed by atoms with Crippen LogP contribution in [0.25, 0.3) is 0 Å². The number of hydrogen-bond acceptors (Lipinski definition) is 3. The third-order valence-electron chi connectivity index (χ3n) is 1.27. The van der Waals surface area contributed by atoms with Crippen molar-refractivity contribution in [3.63, 3.8) is 0 Å². The molecule has 5 heteroatoms. The van der Waals surface area contributed by atoms with Crippen LogP contribution in [0.4, 0.5) is 0 Å². The van der Waals surface area contributed by atoms with Crippen LogP contribution in [-0.2, 0) is 6.54 Å². The second kappa shape index (κ2) is 2.92. The minimum atomic E-state index is -0.318. The Morgan fingerprint density at radius 2 is 2.50 bits per heavy atom. The van der Waals surface area contributed by atoms with Gasteiger partial charge in [0.15, 0.2) is 6.54 Å². The van der Waals surface area contributed by atoms with Gasteiger partial charge < -0.3 is 0 Å². The number of nitrogens with one attached hydrogen (secondary N) is 1. The smallest absolute Gasteiger partial charge is 0.283 e. The monoisotopic (exact) mass is 161 g/mol. The fourth-order valence-corrected chi connectivity index (χ4v) is 0.862. The number of aryl methyl sites for hydroxylation is 1. The number of rotatable bonds is 2. The van der Waals surface area contributed by atoms with Gasteiger partial charge in [0.25, 0.3) is 5.69 Å². The Morgan fingerprint density at radius 1 is 1.80 bits per heavy atom. The van der Waals surface area contributed by atoms with Crippen molar-refractivity contribution in [1.29, 1.82) is 0 Å². The van der Waals surface area contributed by atoms with E-state index in [0.717, 1.165) is 0 Å². The van der Waals surface area contributed by atoms with Gasteiger partial charge in [0, 0.05) is 6.92 Å². The quantitative estimate of drug-likeness (QED) is 0.453. The van der Waals surface area contributed by atoms with Crippen molar-refractivity contribution in [1.82, 2.24) is 5.27 Å². The summed E-state index contributed by atoms with van der Waals surface area (Å²) in [5.74, 6) is 0.682. The number of aromatic nitrogens is 2. The van der Waals surface area contributed by atoms with Crippen LogP contribution in [0.15, 0.2) is 9.32 Å². The molecular weight excluding hydrogens is 152 g/mol. The summed E-state index contributed by atoms with van der Waals surface area (Å²) in [6, 6.07) is 0. The number of aromatic amines is 1. The fraction of sp³-hybridized carbons (Fsp3) is 0.600. The van der Waals surface area contributed by atoms with Crippen molar-refractivity contribution in [2.24, 2.45) is 0 Å². The van der Waals surface area contributed by atoms with Crippen molar-refractivity contribution >= 4 is 12.6 Å². The topological polar surface area (TPSA) is 49.9 Å². The Morgan fingerprint density at radius 3 is 2.90 bits per heavy atom. The van der Waals surface area contributed by atoms with Gasteiger partial charge >= 0.3 is 5.63 Å². The van der Waals surface area contributed by atoms with Gasteiger partial charge in [-0.1, -0.05) is 4.68 Å². The molecule has 1 N–H and O–H groups in total. The molecule has 1 aromatic heterocycles. The molecule has 1 heterocycles. The Bertz CT molecular complexity index is 265. The molecule has 0 bridgehead atoms. The molecule has 1 aromatic rings. The van der Waals surface area contributed by atoms with E-state index in [0.29, 0.717) is 18.0 Å². The van der Waals surface area contributed by atoms with Crippen LogP contribution < -0.4 is 10.3 Å². The van der Waals surface area contributed by atoms with Gasteiger partial charge in [-0.05, 0) is 5.27 Å². The van der Waals surface area contributed by atoms with Crippen molar-refractivity contribution in [2.75, 3.05) is 5.75 Å². The largest absolute Gasteiger partial charge is 0.429 e. The van der Waals surface area contributed by atoms with E-state index in [1.807, 2.05) is 0 Å². The first-order valence-electron chi connectivity index (χ1n) is 2.94. The molecule has 10 heavy (non-hydrogen) atoms. The SMILES string of the molecule is Cc1c(=O)o[nH][n+]1CCS. The molecule has 0 saturated heterocycles. The van der Waals surface area contributed by atoms with Crippen LogP contribution in [0, 0.1) is 6.92 Å². The lowest BCUT2D eigenvalue weighted by atomic mass is 10.5. The molecule has 0 aliphatic rings. The number of hydrogen-bond donors (Lipinski definition) is 2. The number of nitrogens with zero attached hydrogens (tertiary/aromatic N) is 1. The van der Waals surface area contributed by atoms with E-state index in [1.54, 1.807) is 11.6 Å². The minimum Gasteiger partial charge on any atom is -0.283 e. The van der Waals surface area contributed by atoms with Gasteiger partial charge in [0.2, 0.25) is 0 Å². The predicted molar refractivity (Wildman–Crippen MR) is 38.1 cm³/mol. The molecule has 0 radical (unpaired) electrons. The van der Waals surface area contributed by atoms with Gasteiger partial charge in [0.1, 0.15) is 0 Å². The summed E-state index contributed by atoms with van der Waals surface area (Å²) in [5, 5.41) is 2.45. The summed E-state index contributed by atoms with van der Waals surface area (Å²) in [6.07, 6.45) is 0. The first-order chi connectivity index (χ1) is 4.75. The van der Waals surface area contributed by atoms with Crippen LogP contribution in [-0.4, -0.2) is 11.0 Å². The zero-order valence-electron chi connectivity index (χ0n) is 5.63. The van der Waals surface area contributed by atoms with Crippen LogP contribution >= 0.6 is 12.6 Å². The molecule has 0 unspecified atom stereocenters. The van der Waals surface area contributed by atoms with E-state index in [-0.39, 0.29) is 5.63 Å². The van der Waals surface area contributed by atoms with Gasteiger partial charge in [-0.15, -0.1) is 0 Å². The van der Waals surface area contributed by atoms with Crippen molar-refractivity contribution in [3.05, 3.63) is 16.1 Å². The van der Waals surface area contributed by atoms with E-state index in [2.05, 4.69) is 22.4 Å². The summed E-state index contributed by atoms with van der Waals surface area (Å²) in [7, 11) is 0. The minimum absolute atomic E-state index is 0.318. The summed E-state index contributed by atoms with van der Waals surface area (Å²) in [5.41, 5.74) is 0.260. The van der Waals surface area contributed by atoms with Crippen molar-refractivity contribution < 1.29 is 9.20 Å². The molecule has 0 aliphatic heterocycles. The average Bonchev–Trinajstić information content (AvgIpc) is 2.20. The molecule has 0 fully saturated rings. The van der Waals surface area contributed by atoms with E-state index in [9.17, 15) is 4.79 Å². The molecule has 0 spiro atoms. The maximum absolute atomic E-state index is 10.7. The number of thiol groups is 1. The number of H-pyrrole nitrogens is 1. The zero-order valence-corrected chi connectivity index (χ0v) is 6.52. The Balaban J connectivity index is 2.94. The van der Waals surface area contributed by atoms with E-state index in [1.165, 1.54) is 0 Å². The molecule has 0 amide bonds. The summed E-state index contributed by atoms with van der Waals surface area (Å²) >= 11 is 4.00. The first-order valence-corrected chi connectivity index (χ1v) is 3.57. The molecule has 0 aromatic carbocycles. The summed E-state index contributed by atoms with van der Waals surface area (Å²) < 4.78 is 6.12. The van der Waals surface area contributed by atoms with Gasteiger partial charge in [-0.25, -0.2) is 4.79 Å². The van der Waals surface area contributed by atoms with E-state index >= 15 is 0 Å². The molecule has 4 nitrogen and oxygen atoms in total. The molecule has 0 atom stereocenters. The van der Waals surface area contributed by atoms with Crippen LogP contribution in [0.2, 0.25) is 0 Å². The van der Waals surface area contributed by atoms with Gasteiger partial charge in [-0.2, -0.15) is 12.6 Å². The first kappa shape index (κ1) is 7.40. The molecule has 0 aliphatic carbocycles. The zero-order chi connectivity index (χ0) is 7.56. The maximum Gasteiger partial charge on any atom is 0.429 e. The Labute approximate surface area is 63.2 Å². The Kier molecular flexibility index (Phi) is 2.16. The second-order valence-corrected chi connectivity index (χ2v) is 2.39. The highest BCUT2D eigenvalue weighted by Crippen LogP contribution is 1.76. The highest BCUT2D eigenvalue weighted by Gasteiger charge is 2.12. The third kappa shape index (κ3) is 1.23. The summed E-state index contributed by atoms with van der Waals surface area (Å²) in [6.45, 7) is 2.37. The highest BCUT2D eigenvalue weighted by molar-refractivity contribution is 7.80. The third-order valence-corrected chi connectivity index (χ3v) is 1.47. The predicted octanol–water partition coefficient (Wildman–Crippen LogP) is -0.506. The summed E-state index contributed by atoms with van der Waals surface area (Å²) in [4.78, 5) is 10.7. The van der Waals surface area contributed by atoms with Crippen LogP contribution in [0.3, 0.4) is 0 Å². The van der Waals surface area contributed by atoms with Gasteiger partial charge in [-0.3, -0.25) is 4.52 Å². The van der Waals surface area contributed by atoms with E-state index < -0.39 is 0 Å². The maximum atomic E-state index is 10.7. The normalized spacial score (nSPS) is 10.2. The lowest BCUT2D eigenvalue weighted by molar-refractivity contribution is -0.763. The van der Waals surface area contributed by atoms with Gasteiger partial charge in [0.05, 0.1) is 5.75 Å².